The van der Waals surface area contributed by atoms with Crippen LogP contribution in [0.3, 0.4) is 0 Å². The number of ether oxygens (including phenoxy) is 1. The highest BCUT2D eigenvalue weighted by molar-refractivity contribution is 7.80. The van der Waals surface area contributed by atoms with E-state index in [1.807, 2.05) is 18.2 Å². The van der Waals surface area contributed by atoms with Gasteiger partial charge in [0.25, 0.3) is 0 Å². The molecule has 8 heteroatoms. The van der Waals surface area contributed by atoms with Crippen molar-refractivity contribution in [2.24, 2.45) is 0 Å². The summed E-state index contributed by atoms with van der Waals surface area (Å²) in [6, 6.07) is 5.59. The molecule has 0 radical (unpaired) electrons. The van der Waals surface area contributed by atoms with Gasteiger partial charge in [-0.15, -0.1) is 0 Å². The van der Waals surface area contributed by atoms with Gasteiger partial charge in [-0.25, -0.2) is 4.79 Å². The van der Waals surface area contributed by atoms with Gasteiger partial charge in [0.15, 0.2) is 5.11 Å². The summed E-state index contributed by atoms with van der Waals surface area (Å²) in [6.45, 7) is 5.91. The molecule has 5 N–H and O–H groups in total. The topological polar surface area (TPSA) is 86.4 Å². The van der Waals surface area contributed by atoms with Crippen LogP contribution < -0.4 is 21.2 Å². The maximum Gasteiger partial charge on any atom is 0.323 e. The molecule has 0 amide bonds. The summed E-state index contributed by atoms with van der Waals surface area (Å²) in [4.78, 5) is 18.3. The van der Waals surface area contributed by atoms with Gasteiger partial charge < -0.3 is 30.2 Å². The number of hydrogen-bond donors (Lipinski definition) is 5. The van der Waals surface area contributed by atoms with E-state index < -0.39 is 0 Å². The SMILES string of the molecule is O=c1[nH]c2ccc(NC(=S)NCCC[NH+]3CCOCC3)cc2[nH]1. The number of hydrogen-bond acceptors (Lipinski definition) is 3. The first-order valence-electron chi connectivity index (χ1n) is 7.89. The number of quaternary nitrogens is 1. The molecule has 124 valence electrons. The Kier molecular flexibility index (Phi) is 5.27. The molecule has 0 saturated carbocycles. The van der Waals surface area contributed by atoms with Gasteiger partial charge in [0.1, 0.15) is 13.1 Å². The van der Waals surface area contributed by atoms with E-state index >= 15 is 0 Å². The third-order valence-corrected chi connectivity index (χ3v) is 4.21. The van der Waals surface area contributed by atoms with Crippen LogP contribution in [-0.2, 0) is 4.74 Å². The van der Waals surface area contributed by atoms with Gasteiger partial charge in [-0.05, 0) is 30.4 Å². The van der Waals surface area contributed by atoms with Crippen LogP contribution in [0.1, 0.15) is 6.42 Å². The minimum absolute atomic E-state index is 0.205. The van der Waals surface area contributed by atoms with Crippen LogP contribution in [0.2, 0.25) is 0 Å². The first-order valence-corrected chi connectivity index (χ1v) is 8.30. The largest absolute Gasteiger partial charge is 0.370 e. The van der Waals surface area contributed by atoms with Crippen molar-refractivity contribution < 1.29 is 9.64 Å². The van der Waals surface area contributed by atoms with Gasteiger partial charge in [-0.1, -0.05) is 0 Å². The van der Waals surface area contributed by atoms with Crippen molar-refractivity contribution in [3.63, 3.8) is 0 Å². The van der Waals surface area contributed by atoms with Crippen LogP contribution in [0.5, 0.6) is 0 Å². The number of rotatable bonds is 5. The third kappa shape index (κ3) is 4.54. The minimum Gasteiger partial charge on any atom is -0.370 e. The zero-order chi connectivity index (χ0) is 16.1. The molecule has 7 nitrogen and oxygen atoms in total. The van der Waals surface area contributed by atoms with Gasteiger partial charge in [0.2, 0.25) is 0 Å². The predicted molar refractivity (Wildman–Crippen MR) is 94.1 cm³/mol. The fraction of sp³-hybridized carbons (Fsp3) is 0.467. The number of nitrogens with one attached hydrogen (secondary N) is 5. The van der Waals surface area contributed by atoms with Crippen molar-refractivity contribution in [2.75, 3.05) is 44.7 Å². The molecule has 3 rings (SSSR count). The summed E-state index contributed by atoms with van der Waals surface area (Å²) in [7, 11) is 0. The average Bonchev–Trinajstić information content (AvgIpc) is 2.92. The Balaban J connectivity index is 1.42. The van der Waals surface area contributed by atoms with E-state index in [-0.39, 0.29) is 5.69 Å². The van der Waals surface area contributed by atoms with Crippen LogP contribution >= 0.6 is 12.2 Å². The molecule has 1 aliphatic heterocycles. The minimum atomic E-state index is -0.205. The molecule has 0 bridgehead atoms. The van der Waals surface area contributed by atoms with Gasteiger partial charge >= 0.3 is 5.69 Å². The maximum absolute atomic E-state index is 11.2. The van der Waals surface area contributed by atoms with Crippen LogP contribution in [0.4, 0.5) is 5.69 Å². The second-order valence-corrected chi connectivity index (χ2v) is 6.09. The standard InChI is InChI=1S/C15H21N5O2S/c21-14-18-12-3-2-11(10-13(12)19-14)17-15(23)16-4-1-5-20-6-8-22-9-7-20/h2-3,10H,1,4-9H2,(H2,16,17,23)(H2,18,19,21)/p+1. The van der Waals surface area contributed by atoms with Crippen molar-refractivity contribution in [1.82, 2.24) is 15.3 Å². The molecular formula is C15H22N5O2S+. The molecule has 1 fully saturated rings. The number of thiocarbonyl (C=S) groups is 1. The number of morpholine rings is 1. The summed E-state index contributed by atoms with van der Waals surface area (Å²) in [5.74, 6) is 0. The van der Waals surface area contributed by atoms with Crippen molar-refractivity contribution >= 4 is 34.1 Å². The number of H-pyrrole nitrogens is 2. The highest BCUT2D eigenvalue weighted by atomic mass is 32.1. The van der Waals surface area contributed by atoms with E-state index in [0.29, 0.717) is 5.11 Å². The lowest BCUT2D eigenvalue weighted by molar-refractivity contribution is -0.908. The summed E-state index contributed by atoms with van der Waals surface area (Å²) < 4.78 is 5.35. The molecule has 0 atom stereocenters. The number of aromatic amines is 2. The van der Waals surface area contributed by atoms with E-state index in [4.69, 9.17) is 17.0 Å². The lowest BCUT2D eigenvalue weighted by atomic mass is 10.3. The van der Waals surface area contributed by atoms with E-state index in [1.54, 1.807) is 4.90 Å². The summed E-state index contributed by atoms with van der Waals surface area (Å²) in [6.07, 6.45) is 1.07. The number of aromatic nitrogens is 2. The number of fused-ring (bicyclic) bond motifs is 1. The zero-order valence-electron chi connectivity index (χ0n) is 12.9. The van der Waals surface area contributed by atoms with Crippen LogP contribution in [0.15, 0.2) is 23.0 Å². The second kappa shape index (κ2) is 7.58. The van der Waals surface area contributed by atoms with E-state index in [1.165, 1.54) is 0 Å². The number of imidazole rings is 1. The van der Waals surface area contributed by atoms with Crippen molar-refractivity contribution in [3.8, 4) is 0 Å². The Morgan fingerprint density at radius 1 is 1.26 bits per heavy atom. The summed E-state index contributed by atoms with van der Waals surface area (Å²) >= 11 is 5.31. The first kappa shape index (κ1) is 16.0. The van der Waals surface area contributed by atoms with E-state index in [2.05, 4.69) is 20.6 Å². The fourth-order valence-electron chi connectivity index (χ4n) is 2.74. The average molecular weight is 336 g/mol. The lowest BCUT2D eigenvalue weighted by Crippen LogP contribution is -3.14. The Bertz CT molecular complexity index is 720. The molecule has 2 heterocycles. The van der Waals surface area contributed by atoms with Crippen LogP contribution in [0, 0.1) is 0 Å². The molecule has 23 heavy (non-hydrogen) atoms. The molecule has 0 aliphatic carbocycles. The Labute approximate surface area is 139 Å². The fourth-order valence-corrected chi connectivity index (χ4v) is 2.96. The van der Waals surface area contributed by atoms with Crippen LogP contribution in [-0.4, -0.2) is 54.5 Å². The molecule has 1 aliphatic rings. The first-order chi connectivity index (χ1) is 11.2. The smallest absolute Gasteiger partial charge is 0.323 e. The van der Waals surface area contributed by atoms with Gasteiger partial charge in [0, 0.05) is 18.7 Å². The van der Waals surface area contributed by atoms with E-state index in [0.717, 1.165) is 62.5 Å². The Hall–Kier alpha value is -1.90. The molecule has 2 aromatic rings. The molecular weight excluding hydrogens is 314 g/mol. The third-order valence-electron chi connectivity index (χ3n) is 3.97. The van der Waals surface area contributed by atoms with Crippen molar-refractivity contribution in [2.45, 2.75) is 6.42 Å². The summed E-state index contributed by atoms with van der Waals surface area (Å²) in [5, 5.41) is 6.96. The highest BCUT2D eigenvalue weighted by Gasteiger charge is 2.12. The normalized spacial score (nSPS) is 15.7. The van der Waals surface area contributed by atoms with Gasteiger partial charge in [-0.2, -0.15) is 0 Å². The molecule has 0 unspecified atom stereocenters. The molecule has 1 aromatic heterocycles. The maximum atomic E-state index is 11.2. The van der Waals surface area contributed by atoms with Crippen LogP contribution in [0.25, 0.3) is 11.0 Å². The lowest BCUT2D eigenvalue weighted by Gasteiger charge is -2.23. The van der Waals surface area contributed by atoms with Gasteiger partial charge in [-0.3, -0.25) is 0 Å². The predicted octanol–water partition coefficient (Wildman–Crippen LogP) is -0.552. The van der Waals surface area contributed by atoms with Crippen molar-refractivity contribution in [1.29, 1.82) is 0 Å². The molecule has 0 spiro atoms. The van der Waals surface area contributed by atoms with Gasteiger partial charge in [0.05, 0.1) is 30.8 Å². The Morgan fingerprint density at radius 3 is 2.87 bits per heavy atom. The molecule has 1 saturated heterocycles. The number of anilines is 1. The van der Waals surface area contributed by atoms with Crippen molar-refractivity contribution in [3.05, 3.63) is 28.7 Å². The molecule has 1 aromatic carbocycles. The van der Waals surface area contributed by atoms with E-state index in [9.17, 15) is 4.79 Å². The quantitative estimate of drug-likeness (QED) is 0.374. The highest BCUT2D eigenvalue weighted by Crippen LogP contribution is 2.14. The second-order valence-electron chi connectivity index (χ2n) is 5.69. The Morgan fingerprint density at radius 2 is 2.04 bits per heavy atom. The monoisotopic (exact) mass is 336 g/mol. The zero-order valence-corrected chi connectivity index (χ0v) is 13.7. The number of benzene rings is 1. The summed E-state index contributed by atoms with van der Waals surface area (Å²) in [5.41, 5.74) is 2.19.